The number of aryl methyl sites for hydroxylation is 3. The lowest BCUT2D eigenvalue weighted by Crippen LogP contribution is -2.46. The van der Waals surface area contributed by atoms with Gasteiger partial charge in [0.1, 0.15) is 11.3 Å². The fourth-order valence-corrected chi connectivity index (χ4v) is 6.37. The van der Waals surface area contributed by atoms with Crippen molar-refractivity contribution in [2.75, 3.05) is 13.7 Å². The van der Waals surface area contributed by atoms with E-state index in [4.69, 9.17) is 4.74 Å². The molecule has 3 heterocycles. The largest absolute Gasteiger partial charge is 0.497 e. The Morgan fingerprint density at radius 3 is 2.69 bits per heavy atom. The summed E-state index contributed by atoms with van der Waals surface area (Å²) >= 11 is 1.61. The van der Waals surface area contributed by atoms with Crippen LogP contribution in [0.1, 0.15) is 50.6 Å². The molecule has 8 heteroatoms. The number of carbonyl (C=O) groups excluding carboxylic acids is 3. The number of ether oxygens (including phenoxy) is 1. The van der Waals surface area contributed by atoms with E-state index in [2.05, 4.69) is 9.88 Å². The Labute approximate surface area is 208 Å². The van der Waals surface area contributed by atoms with Gasteiger partial charge < -0.3 is 14.6 Å². The second-order valence-electron chi connectivity index (χ2n) is 9.30. The Hall–Kier alpha value is -3.39. The molecule has 1 saturated heterocycles. The lowest BCUT2D eigenvalue weighted by molar-refractivity contribution is -0.131. The second-order valence-corrected chi connectivity index (χ2v) is 10.3. The van der Waals surface area contributed by atoms with E-state index >= 15 is 0 Å². The van der Waals surface area contributed by atoms with Crippen molar-refractivity contribution in [1.82, 2.24) is 14.8 Å². The first kappa shape index (κ1) is 23.4. The first-order valence-electron chi connectivity index (χ1n) is 11.9. The highest BCUT2D eigenvalue weighted by molar-refractivity contribution is 7.10. The highest BCUT2D eigenvalue weighted by atomic mass is 32.1. The number of hydrogen-bond donors (Lipinski definition) is 1. The Balaban J connectivity index is 1.31. The topological polar surface area (TPSA) is 80.6 Å². The molecule has 3 aromatic rings. The van der Waals surface area contributed by atoms with E-state index in [1.165, 1.54) is 5.56 Å². The molecule has 5 rings (SSSR count). The summed E-state index contributed by atoms with van der Waals surface area (Å²) in [5.74, 6) is 0.278. The summed E-state index contributed by atoms with van der Waals surface area (Å²) in [6, 6.07) is 11.3. The zero-order valence-electron chi connectivity index (χ0n) is 20.2. The molecule has 0 radical (unpaired) electrons. The van der Waals surface area contributed by atoms with Gasteiger partial charge in [0, 0.05) is 33.9 Å². The summed E-state index contributed by atoms with van der Waals surface area (Å²) in [6.07, 6.45) is 3.12. The average Bonchev–Trinajstić information content (AvgIpc) is 3.51. The summed E-state index contributed by atoms with van der Waals surface area (Å²) < 4.78 is 7.34. The number of thiophene rings is 1. The fourth-order valence-electron chi connectivity index (χ4n) is 5.37. The number of ketones is 1. The van der Waals surface area contributed by atoms with E-state index in [0.717, 1.165) is 58.3 Å². The molecular weight excluding hydrogens is 462 g/mol. The van der Waals surface area contributed by atoms with Gasteiger partial charge in [-0.25, -0.2) is 4.79 Å². The van der Waals surface area contributed by atoms with Gasteiger partial charge in [0.15, 0.2) is 5.78 Å². The third-order valence-corrected chi connectivity index (χ3v) is 8.28. The van der Waals surface area contributed by atoms with Crippen molar-refractivity contribution in [1.29, 1.82) is 0 Å². The van der Waals surface area contributed by atoms with Crippen LogP contribution in [0, 0.1) is 13.8 Å². The van der Waals surface area contributed by atoms with Crippen LogP contribution in [0.4, 0.5) is 4.79 Å². The lowest BCUT2D eigenvalue weighted by atomic mass is 9.80. The zero-order chi connectivity index (χ0) is 24.7. The first-order chi connectivity index (χ1) is 16.8. The number of carbonyl (C=O) groups is 3. The highest BCUT2D eigenvalue weighted by Crippen LogP contribution is 2.42. The third-order valence-electron chi connectivity index (χ3n) is 7.30. The summed E-state index contributed by atoms with van der Waals surface area (Å²) in [5, 5.41) is 4.89. The second kappa shape index (κ2) is 9.00. The van der Waals surface area contributed by atoms with Crippen molar-refractivity contribution in [2.45, 2.75) is 51.6 Å². The monoisotopic (exact) mass is 491 g/mol. The van der Waals surface area contributed by atoms with Gasteiger partial charge >= 0.3 is 6.03 Å². The predicted molar refractivity (Wildman–Crippen MR) is 134 cm³/mol. The highest BCUT2D eigenvalue weighted by Gasteiger charge is 2.54. The van der Waals surface area contributed by atoms with Crippen molar-refractivity contribution in [3.05, 3.63) is 74.7 Å². The summed E-state index contributed by atoms with van der Waals surface area (Å²) in [7, 11) is 1.65. The molecule has 1 aliphatic carbocycles. The standard InChI is InChI=1S/C27H29N3O4S/c1-17-15-21(18(2)29(17)13-10-19-6-8-20(34-3)9-7-19)23(31)16-30-25(32)27(28-26(30)33)12-4-5-24-22(27)11-14-35-24/h6-9,11,14-15H,4-5,10,12-13,16H2,1-3H3,(H,28,33). The van der Waals surface area contributed by atoms with Crippen molar-refractivity contribution in [2.24, 2.45) is 0 Å². The molecule has 1 aromatic carbocycles. The van der Waals surface area contributed by atoms with Crippen LogP contribution < -0.4 is 10.1 Å². The van der Waals surface area contributed by atoms with Crippen LogP contribution >= 0.6 is 11.3 Å². The number of amides is 3. The first-order valence-corrected chi connectivity index (χ1v) is 12.8. The molecule has 7 nitrogen and oxygen atoms in total. The zero-order valence-corrected chi connectivity index (χ0v) is 21.0. The van der Waals surface area contributed by atoms with Crippen LogP contribution in [0.15, 0.2) is 41.8 Å². The Morgan fingerprint density at radius 2 is 1.94 bits per heavy atom. The average molecular weight is 492 g/mol. The van der Waals surface area contributed by atoms with Crippen LogP contribution in [0.3, 0.4) is 0 Å². The van der Waals surface area contributed by atoms with Gasteiger partial charge in [-0.3, -0.25) is 14.5 Å². The number of hydrogen-bond acceptors (Lipinski definition) is 5. The molecule has 35 heavy (non-hydrogen) atoms. The third kappa shape index (κ3) is 3.95. The SMILES string of the molecule is COc1ccc(CCn2c(C)cc(C(=O)CN3C(=O)NC4(CCCc5sccc54)C3=O)c2C)cc1. The normalized spacial score (nSPS) is 19.2. The maximum Gasteiger partial charge on any atom is 0.325 e. The molecule has 2 aromatic heterocycles. The molecule has 182 valence electrons. The van der Waals surface area contributed by atoms with E-state index < -0.39 is 11.6 Å². The summed E-state index contributed by atoms with van der Waals surface area (Å²) in [6.45, 7) is 4.36. The number of methoxy groups -OCH3 is 1. The van der Waals surface area contributed by atoms with Gasteiger partial charge in [0.05, 0.1) is 13.7 Å². The van der Waals surface area contributed by atoms with Gasteiger partial charge in [-0.1, -0.05) is 12.1 Å². The van der Waals surface area contributed by atoms with E-state index in [-0.39, 0.29) is 18.2 Å². The predicted octanol–water partition coefficient (Wildman–Crippen LogP) is 4.38. The van der Waals surface area contributed by atoms with Crippen LogP contribution in [0.25, 0.3) is 0 Å². The smallest absolute Gasteiger partial charge is 0.325 e. The molecule has 1 atom stereocenters. The van der Waals surface area contributed by atoms with Crippen molar-refractivity contribution >= 4 is 29.1 Å². The van der Waals surface area contributed by atoms with Gasteiger partial charge in [0.25, 0.3) is 5.91 Å². The Kier molecular flexibility index (Phi) is 6.01. The molecule has 0 saturated carbocycles. The van der Waals surface area contributed by atoms with E-state index in [9.17, 15) is 14.4 Å². The maximum atomic E-state index is 13.5. The minimum absolute atomic E-state index is 0.226. The summed E-state index contributed by atoms with van der Waals surface area (Å²) in [5.41, 5.74) is 3.41. The van der Waals surface area contributed by atoms with Crippen molar-refractivity contribution in [3.63, 3.8) is 0 Å². The fraction of sp³-hybridized carbons (Fsp3) is 0.370. The van der Waals surface area contributed by atoms with Crippen LogP contribution in [-0.4, -0.2) is 40.8 Å². The number of fused-ring (bicyclic) bond motifs is 2. The van der Waals surface area contributed by atoms with Crippen LogP contribution in [0.2, 0.25) is 0 Å². The molecule has 3 amide bonds. The molecule has 1 N–H and O–H groups in total. The lowest BCUT2D eigenvalue weighted by Gasteiger charge is -2.31. The van der Waals surface area contributed by atoms with Gasteiger partial charge in [-0.05, 0) is 74.7 Å². The Morgan fingerprint density at radius 1 is 1.17 bits per heavy atom. The van der Waals surface area contributed by atoms with E-state index in [0.29, 0.717) is 12.0 Å². The van der Waals surface area contributed by atoms with Gasteiger partial charge in [0.2, 0.25) is 0 Å². The summed E-state index contributed by atoms with van der Waals surface area (Å²) in [4.78, 5) is 41.8. The number of aromatic nitrogens is 1. The molecule has 1 aliphatic heterocycles. The number of rotatable bonds is 7. The van der Waals surface area contributed by atoms with Gasteiger partial charge in [-0.2, -0.15) is 0 Å². The van der Waals surface area contributed by atoms with E-state index in [1.54, 1.807) is 18.4 Å². The minimum Gasteiger partial charge on any atom is -0.497 e. The number of nitrogens with zero attached hydrogens (tertiary/aromatic N) is 2. The van der Waals surface area contributed by atoms with Crippen LogP contribution in [0.5, 0.6) is 5.75 Å². The number of imide groups is 1. The number of Topliss-reactive ketones (excluding diaryl/α,β-unsaturated/α-hetero) is 1. The molecule has 1 unspecified atom stereocenters. The van der Waals surface area contributed by atoms with Crippen LogP contribution in [-0.2, 0) is 29.7 Å². The molecular formula is C27H29N3O4S. The minimum atomic E-state index is -1.03. The molecule has 0 bridgehead atoms. The van der Waals surface area contributed by atoms with Crippen molar-refractivity contribution in [3.8, 4) is 5.75 Å². The molecule has 2 aliphatic rings. The molecule has 1 fully saturated rings. The van der Waals surface area contributed by atoms with Gasteiger partial charge in [-0.15, -0.1) is 11.3 Å². The Bertz CT molecular complexity index is 1310. The quantitative estimate of drug-likeness (QED) is 0.393. The number of nitrogens with one attached hydrogen (secondary N) is 1. The maximum absolute atomic E-state index is 13.5. The van der Waals surface area contributed by atoms with Crippen molar-refractivity contribution < 1.29 is 19.1 Å². The van der Waals surface area contributed by atoms with E-state index in [1.807, 2.05) is 55.6 Å². The number of benzene rings is 1. The molecule has 1 spiro atoms. The number of urea groups is 1.